The van der Waals surface area contributed by atoms with E-state index in [0.29, 0.717) is 23.9 Å². The number of phenolic OH excluding ortho intramolecular Hbond substituents is 1. The molecule has 0 aliphatic heterocycles. The smallest absolute Gasteiger partial charge is 0.252 e. The molecule has 0 aliphatic rings. The Bertz CT molecular complexity index is 494. The third kappa shape index (κ3) is 3.04. The number of benzene rings is 1. The van der Waals surface area contributed by atoms with Crippen LogP contribution < -0.4 is 0 Å². The van der Waals surface area contributed by atoms with Gasteiger partial charge in [0.25, 0.3) is 5.89 Å². The van der Waals surface area contributed by atoms with E-state index in [0.717, 1.165) is 0 Å². The van der Waals surface area contributed by atoms with Crippen molar-refractivity contribution in [1.29, 1.82) is 0 Å². The van der Waals surface area contributed by atoms with Crippen LogP contribution in [0.3, 0.4) is 0 Å². The lowest BCUT2D eigenvalue weighted by Crippen LogP contribution is -2.02. The fourth-order valence-electron chi connectivity index (χ4n) is 1.31. The normalized spacial score (nSPS) is 11.0. The first-order valence-corrected chi connectivity index (χ1v) is 5.39. The Morgan fingerprint density at radius 3 is 2.94 bits per heavy atom. The average Bonchev–Trinajstić information content (AvgIpc) is 2.75. The van der Waals surface area contributed by atoms with Gasteiger partial charge in [-0.25, -0.2) is 0 Å². The zero-order chi connectivity index (χ0) is 12.3. The van der Waals surface area contributed by atoms with E-state index in [1.807, 2.05) is 13.8 Å². The molecule has 90 valence electrons. The lowest BCUT2D eigenvalue weighted by molar-refractivity contribution is 0.0485. The number of hydrogen-bond acceptors (Lipinski definition) is 5. The first-order valence-electron chi connectivity index (χ1n) is 5.39. The van der Waals surface area contributed by atoms with Crippen molar-refractivity contribution in [2.75, 3.05) is 0 Å². The topological polar surface area (TPSA) is 68.4 Å². The van der Waals surface area contributed by atoms with Crippen molar-refractivity contribution in [3.8, 4) is 17.1 Å². The minimum atomic E-state index is 0.117. The second-order valence-corrected chi connectivity index (χ2v) is 3.92. The summed E-state index contributed by atoms with van der Waals surface area (Å²) < 4.78 is 10.4. The highest BCUT2D eigenvalue weighted by molar-refractivity contribution is 5.56. The van der Waals surface area contributed by atoms with Gasteiger partial charge >= 0.3 is 0 Å². The fourth-order valence-corrected chi connectivity index (χ4v) is 1.31. The molecule has 0 bridgehead atoms. The maximum atomic E-state index is 9.35. The van der Waals surface area contributed by atoms with Gasteiger partial charge in [-0.3, -0.25) is 0 Å². The van der Waals surface area contributed by atoms with Crippen molar-refractivity contribution in [2.45, 2.75) is 26.6 Å². The largest absolute Gasteiger partial charge is 0.508 e. The third-order valence-electron chi connectivity index (χ3n) is 2.11. The number of nitrogens with zero attached hydrogens (tertiary/aromatic N) is 2. The molecule has 1 aromatic heterocycles. The number of phenols is 1. The Kier molecular flexibility index (Phi) is 3.39. The molecule has 1 heterocycles. The predicted octanol–water partition coefficient (Wildman–Crippen LogP) is 2.37. The minimum Gasteiger partial charge on any atom is -0.508 e. The number of ether oxygens (including phenoxy) is 1. The molecule has 0 saturated heterocycles. The van der Waals surface area contributed by atoms with Crippen LogP contribution in [0.25, 0.3) is 11.4 Å². The van der Waals surface area contributed by atoms with Gasteiger partial charge in [-0.2, -0.15) is 4.98 Å². The van der Waals surface area contributed by atoms with Gasteiger partial charge in [-0.1, -0.05) is 17.3 Å². The molecule has 0 amide bonds. The summed E-state index contributed by atoms with van der Waals surface area (Å²) in [6.45, 7) is 4.17. The number of aromatic nitrogens is 2. The molecule has 5 nitrogen and oxygen atoms in total. The lowest BCUT2D eigenvalue weighted by Gasteiger charge is -2.02. The fraction of sp³-hybridized carbons (Fsp3) is 0.333. The molecule has 17 heavy (non-hydrogen) atoms. The van der Waals surface area contributed by atoms with Crippen LogP contribution in [-0.2, 0) is 11.3 Å². The molecular weight excluding hydrogens is 220 g/mol. The highest BCUT2D eigenvalue weighted by atomic mass is 16.5. The second kappa shape index (κ2) is 4.97. The Labute approximate surface area is 99.0 Å². The predicted molar refractivity (Wildman–Crippen MR) is 61.3 cm³/mol. The van der Waals surface area contributed by atoms with E-state index >= 15 is 0 Å². The quantitative estimate of drug-likeness (QED) is 0.879. The van der Waals surface area contributed by atoms with E-state index in [4.69, 9.17) is 9.26 Å². The summed E-state index contributed by atoms with van der Waals surface area (Å²) >= 11 is 0. The molecule has 2 aromatic rings. The number of hydrogen-bond donors (Lipinski definition) is 1. The molecule has 5 heteroatoms. The Hall–Kier alpha value is -1.88. The van der Waals surface area contributed by atoms with E-state index in [1.54, 1.807) is 24.3 Å². The summed E-state index contributed by atoms with van der Waals surface area (Å²) in [5.74, 6) is 1.05. The van der Waals surface area contributed by atoms with Crippen LogP contribution in [0.4, 0.5) is 0 Å². The van der Waals surface area contributed by atoms with Gasteiger partial charge in [0.15, 0.2) is 0 Å². The summed E-state index contributed by atoms with van der Waals surface area (Å²) in [7, 11) is 0. The Balaban J connectivity index is 2.12. The summed E-state index contributed by atoms with van der Waals surface area (Å²) in [6, 6.07) is 6.70. The Morgan fingerprint density at radius 2 is 2.24 bits per heavy atom. The standard InChI is InChI=1S/C12H14N2O3/c1-8(2)16-7-11-13-12(14-17-11)9-4-3-5-10(15)6-9/h3-6,8,15H,7H2,1-2H3. The van der Waals surface area contributed by atoms with Crippen LogP contribution in [0.1, 0.15) is 19.7 Å². The van der Waals surface area contributed by atoms with Gasteiger partial charge in [0.05, 0.1) is 6.10 Å². The van der Waals surface area contributed by atoms with Crippen LogP contribution in [0.2, 0.25) is 0 Å². The van der Waals surface area contributed by atoms with E-state index in [2.05, 4.69) is 10.1 Å². The van der Waals surface area contributed by atoms with E-state index in [9.17, 15) is 5.11 Å². The SMILES string of the molecule is CC(C)OCc1nc(-c2cccc(O)c2)no1. The first kappa shape index (κ1) is 11.6. The molecular formula is C12H14N2O3. The molecule has 1 aromatic carbocycles. The van der Waals surface area contributed by atoms with Crippen LogP contribution >= 0.6 is 0 Å². The molecule has 2 rings (SSSR count). The highest BCUT2D eigenvalue weighted by Crippen LogP contribution is 2.20. The van der Waals surface area contributed by atoms with Crippen LogP contribution in [0, 0.1) is 0 Å². The van der Waals surface area contributed by atoms with Crippen LogP contribution in [-0.4, -0.2) is 21.4 Å². The molecule has 0 radical (unpaired) electrons. The van der Waals surface area contributed by atoms with Crippen molar-refractivity contribution in [2.24, 2.45) is 0 Å². The van der Waals surface area contributed by atoms with Gasteiger partial charge in [0.1, 0.15) is 12.4 Å². The van der Waals surface area contributed by atoms with E-state index in [-0.39, 0.29) is 11.9 Å². The summed E-state index contributed by atoms with van der Waals surface area (Å²) in [5.41, 5.74) is 0.713. The van der Waals surface area contributed by atoms with Crippen LogP contribution in [0.15, 0.2) is 28.8 Å². The van der Waals surface area contributed by atoms with Crippen molar-refractivity contribution in [3.63, 3.8) is 0 Å². The van der Waals surface area contributed by atoms with E-state index < -0.39 is 0 Å². The van der Waals surface area contributed by atoms with Gasteiger partial charge in [-0.05, 0) is 26.0 Å². The molecule has 0 unspecified atom stereocenters. The van der Waals surface area contributed by atoms with Gasteiger partial charge < -0.3 is 14.4 Å². The minimum absolute atomic E-state index is 0.117. The average molecular weight is 234 g/mol. The monoisotopic (exact) mass is 234 g/mol. The summed E-state index contributed by atoms with van der Waals surface area (Å²) in [4.78, 5) is 4.18. The summed E-state index contributed by atoms with van der Waals surface area (Å²) in [6.07, 6.45) is 0.117. The number of aromatic hydroxyl groups is 1. The van der Waals surface area contributed by atoms with Crippen molar-refractivity contribution < 1.29 is 14.4 Å². The first-order chi connectivity index (χ1) is 8.15. The molecule has 0 fully saturated rings. The molecule has 0 atom stereocenters. The lowest BCUT2D eigenvalue weighted by atomic mass is 10.2. The van der Waals surface area contributed by atoms with Gasteiger partial charge in [0.2, 0.25) is 5.82 Å². The molecule has 1 N–H and O–H groups in total. The zero-order valence-electron chi connectivity index (χ0n) is 9.75. The molecule has 0 saturated carbocycles. The third-order valence-corrected chi connectivity index (χ3v) is 2.11. The zero-order valence-corrected chi connectivity index (χ0v) is 9.75. The van der Waals surface area contributed by atoms with E-state index in [1.165, 1.54) is 0 Å². The molecule has 0 aliphatic carbocycles. The summed E-state index contributed by atoms with van der Waals surface area (Å²) in [5, 5.41) is 13.2. The molecule has 0 spiro atoms. The van der Waals surface area contributed by atoms with Crippen molar-refractivity contribution in [3.05, 3.63) is 30.2 Å². The van der Waals surface area contributed by atoms with Crippen molar-refractivity contribution in [1.82, 2.24) is 10.1 Å². The second-order valence-electron chi connectivity index (χ2n) is 3.92. The van der Waals surface area contributed by atoms with Crippen LogP contribution in [0.5, 0.6) is 5.75 Å². The Morgan fingerprint density at radius 1 is 1.41 bits per heavy atom. The highest BCUT2D eigenvalue weighted by Gasteiger charge is 2.09. The van der Waals surface area contributed by atoms with Crippen molar-refractivity contribution >= 4 is 0 Å². The number of rotatable bonds is 4. The van der Waals surface area contributed by atoms with Gasteiger partial charge in [-0.15, -0.1) is 0 Å². The maximum absolute atomic E-state index is 9.35. The maximum Gasteiger partial charge on any atom is 0.252 e. The van der Waals surface area contributed by atoms with Gasteiger partial charge in [0, 0.05) is 5.56 Å².